The topological polar surface area (TPSA) is 65.6 Å². The number of pyridine rings is 1. The lowest BCUT2D eigenvalue weighted by Crippen LogP contribution is -2.09. The lowest BCUT2D eigenvalue weighted by molar-refractivity contribution is 0.409. The van der Waals surface area contributed by atoms with Crippen LogP contribution in [0.4, 0.5) is 10.1 Å². The van der Waals surface area contributed by atoms with Gasteiger partial charge in [-0.2, -0.15) is 0 Å². The van der Waals surface area contributed by atoms with Gasteiger partial charge in [-0.15, -0.1) is 0 Å². The van der Waals surface area contributed by atoms with E-state index >= 15 is 0 Å². The Morgan fingerprint density at radius 3 is 2.38 bits per heavy atom. The number of aromatic hydroxyl groups is 1. The molecule has 6 heteroatoms. The molecule has 4 rings (SSSR count). The zero-order valence-corrected chi connectivity index (χ0v) is 15.9. The molecular weight excluding hydrogens is 371 g/mol. The second-order valence-electron chi connectivity index (χ2n) is 6.89. The van der Waals surface area contributed by atoms with Gasteiger partial charge < -0.3 is 19.7 Å². The summed E-state index contributed by atoms with van der Waals surface area (Å²) >= 11 is 0. The first-order valence-electron chi connectivity index (χ1n) is 9.02. The fourth-order valence-corrected chi connectivity index (χ4v) is 3.14. The van der Waals surface area contributed by atoms with E-state index in [2.05, 4.69) is 4.98 Å². The zero-order valence-electron chi connectivity index (χ0n) is 15.9. The van der Waals surface area contributed by atoms with Crippen LogP contribution in [-0.2, 0) is 0 Å². The predicted octanol–water partition coefficient (Wildman–Crippen LogP) is 4.90. The first-order chi connectivity index (χ1) is 13.9. The molecule has 0 unspecified atom stereocenters. The molecule has 0 aliphatic rings. The Hall–Kier alpha value is -3.80. The first-order valence-corrected chi connectivity index (χ1v) is 9.02. The normalized spacial score (nSPS) is 10.9. The molecule has 0 atom stereocenters. The van der Waals surface area contributed by atoms with Crippen molar-refractivity contribution in [2.45, 2.75) is 0 Å². The lowest BCUT2D eigenvalue weighted by Gasteiger charge is -2.13. The van der Waals surface area contributed by atoms with Crippen molar-refractivity contribution in [3.05, 3.63) is 82.9 Å². The highest BCUT2D eigenvalue weighted by Gasteiger charge is 2.15. The summed E-state index contributed by atoms with van der Waals surface area (Å²) < 4.78 is 18.8. The van der Waals surface area contributed by atoms with Gasteiger partial charge in [0, 0.05) is 31.2 Å². The Kier molecular flexibility index (Phi) is 4.68. The van der Waals surface area contributed by atoms with E-state index in [-0.39, 0.29) is 17.2 Å². The van der Waals surface area contributed by atoms with E-state index in [1.165, 1.54) is 18.2 Å². The molecule has 3 aromatic carbocycles. The van der Waals surface area contributed by atoms with Gasteiger partial charge in [0.05, 0.1) is 5.52 Å². The number of anilines is 1. The maximum atomic E-state index is 13.4. The maximum Gasteiger partial charge on any atom is 0.295 e. The third-order valence-corrected chi connectivity index (χ3v) is 4.68. The largest absolute Gasteiger partial charge is 0.504 e. The summed E-state index contributed by atoms with van der Waals surface area (Å²) in [5.74, 6) is -0.930. The highest BCUT2D eigenvalue weighted by atomic mass is 19.1. The third kappa shape index (κ3) is 3.65. The number of aromatic nitrogens is 1. The molecule has 4 aromatic rings. The number of nitrogens with one attached hydrogen (secondary N) is 1. The molecule has 0 saturated carbocycles. The minimum absolute atomic E-state index is 0.128. The van der Waals surface area contributed by atoms with Gasteiger partial charge in [0.2, 0.25) is 5.75 Å². The molecule has 0 aliphatic heterocycles. The van der Waals surface area contributed by atoms with Gasteiger partial charge in [0.25, 0.3) is 5.56 Å². The van der Waals surface area contributed by atoms with Crippen LogP contribution in [0.1, 0.15) is 0 Å². The number of benzene rings is 3. The van der Waals surface area contributed by atoms with Crippen molar-refractivity contribution < 1.29 is 14.2 Å². The average Bonchev–Trinajstić information content (AvgIpc) is 2.71. The molecule has 29 heavy (non-hydrogen) atoms. The van der Waals surface area contributed by atoms with Crippen LogP contribution >= 0.6 is 0 Å². The smallest absolute Gasteiger partial charge is 0.295 e. The van der Waals surface area contributed by atoms with Crippen molar-refractivity contribution in [1.82, 2.24) is 4.98 Å². The average molecular weight is 390 g/mol. The molecule has 0 bridgehead atoms. The minimum atomic E-state index is -0.598. The summed E-state index contributed by atoms with van der Waals surface area (Å²) in [4.78, 5) is 17.2. The summed E-state index contributed by atoms with van der Waals surface area (Å²) in [6.45, 7) is 0. The van der Waals surface area contributed by atoms with Gasteiger partial charge in [-0.3, -0.25) is 4.79 Å². The third-order valence-electron chi connectivity index (χ3n) is 4.68. The van der Waals surface area contributed by atoms with Crippen LogP contribution in [0.3, 0.4) is 0 Å². The molecule has 0 spiro atoms. The molecule has 0 amide bonds. The van der Waals surface area contributed by atoms with E-state index in [9.17, 15) is 14.3 Å². The molecule has 0 radical (unpaired) electrons. The molecule has 5 nitrogen and oxygen atoms in total. The van der Waals surface area contributed by atoms with Gasteiger partial charge in [0.1, 0.15) is 11.6 Å². The number of hydrogen-bond acceptors (Lipinski definition) is 4. The zero-order chi connectivity index (χ0) is 20.5. The monoisotopic (exact) mass is 390 g/mol. The summed E-state index contributed by atoms with van der Waals surface area (Å²) in [5.41, 5.74) is 2.85. The number of aromatic amines is 1. The van der Waals surface area contributed by atoms with Crippen LogP contribution in [0.15, 0.2) is 71.5 Å². The number of nitrogens with zero attached hydrogens (tertiary/aromatic N) is 1. The van der Waals surface area contributed by atoms with Crippen LogP contribution in [0.5, 0.6) is 17.2 Å². The molecule has 1 heterocycles. The van der Waals surface area contributed by atoms with E-state index in [1.54, 1.807) is 12.1 Å². The summed E-state index contributed by atoms with van der Waals surface area (Å²) in [6.07, 6.45) is 0. The SMILES string of the molecule is CN(C)c1ccc(-c2ccc3c(O)c(Oc4cccc(F)c4)c(=O)[nH]c3c2)cc1. The quantitative estimate of drug-likeness (QED) is 0.520. The summed E-state index contributed by atoms with van der Waals surface area (Å²) in [6, 6.07) is 18.8. The van der Waals surface area contributed by atoms with Crippen LogP contribution in [0.25, 0.3) is 22.0 Å². The van der Waals surface area contributed by atoms with Gasteiger partial charge in [-0.05, 0) is 47.5 Å². The Labute approximate surface area is 166 Å². The van der Waals surface area contributed by atoms with Crippen molar-refractivity contribution in [1.29, 1.82) is 0 Å². The first kappa shape index (κ1) is 18.6. The second kappa shape index (κ2) is 7.31. The Morgan fingerprint density at radius 1 is 0.966 bits per heavy atom. The Bertz CT molecular complexity index is 1250. The van der Waals surface area contributed by atoms with Crippen LogP contribution in [-0.4, -0.2) is 24.2 Å². The van der Waals surface area contributed by atoms with Crippen LogP contribution < -0.4 is 15.2 Å². The standard InChI is InChI=1S/C23H19FN2O3/c1-26(2)17-9-6-14(7-10-17)15-8-11-19-20(12-15)25-23(28)22(21(19)27)29-18-5-3-4-16(24)13-18/h3-13H,1-2H3,(H2,25,27,28). The molecule has 0 fully saturated rings. The van der Waals surface area contributed by atoms with Crippen molar-refractivity contribution in [2.75, 3.05) is 19.0 Å². The lowest BCUT2D eigenvalue weighted by atomic mass is 10.0. The highest BCUT2D eigenvalue weighted by molar-refractivity contribution is 5.90. The number of halogens is 1. The van der Waals surface area contributed by atoms with E-state index in [4.69, 9.17) is 4.74 Å². The second-order valence-corrected chi connectivity index (χ2v) is 6.89. The van der Waals surface area contributed by atoms with Gasteiger partial charge in [0.15, 0.2) is 5.75 Å². The number of fused-ring (bicyclic) bond motifs is 1. The Morgan fingerprint density at radius 2 is 1.69 bits per heavy atom. The molecular formula is C23H19FN2O3. The summed E-state index contributed by atoms with van der Waals surface area (Å²) in [5, 5.41) is 11.0. The van der Waals surface area contributed by atoms with E-state index in [0.717, 1.165) is 22.9 Å². The number of ether oxygens (including phenoxy) is 1. The summed E-state index contributed by atoms with van der Waals surface area (Å²) in [7, 11) is 3.95. The van der Waals surface area contributed by atoms with Crippen LogP contribution in [0.2, 0.25) is 0 Å². The molecule has 0 aliphatic carbocycles. The van der Waals surface area contributed by atoms with Gasteiger partial charge in [-0.25, -0.2) is 4.39 Å². The molecule has 1 aromatic heterocycles. The van der Waals surface area contributed by atoms with E-state index in [0.29, 0.717) is 10.9 Å². The fourth-order valence-electron chi connectivity index (χ4n) is 3.14. The van der Waals surface area contributed by atoms with Crippen molar-refractivity contribution in [3.63, 3.8) is 0 Å². The molecule has 146 valence electrons. The fraction of sp³-hybridized carbons (Fsp3) is 0.0870. The molecule has 0 saturated heterocycles. The number of rotatable bonds is 4. The Balaban J connectivity index is 1.74. The van der Waals surface area contributed by atoms with Gasteiger partial charge in [-0.1, -0.05) is 24.3 Å². The highest BCUT2D eigenvalue weighted by Crippen LogP contribution is 2.35. The predicted molar refractivity (Wildman–Crippen MR) is 112 cm³/mol. The van der Waals surface area contributed by atoms with E-state index in [1.807, 2.05) is 49.3 Å². The van der Waals surface area contributed by atoms with E-state index < -0.39 is 11.4 Å². The minimum Gasteiger partial charge on any atom is -0.504 e. The number of hydrogen-bond donors (Lipinski definition) is 2. The van der Waals surface area contributed by atoms with Crippen molar-refractivity contribution >= 4 is 16.6 Å². The van der Waals surface area contributed by atoms with Crippen LogP contribution in [0, 0.1) is 5.82 Å². The maximum absolute atomic E-state index is 13.4. The van der Waals surface area contributed by atoms with Crippen molar-refractivity contribution in [3.8, 4) is 28.4 Å². The van der Waals surface area contributed by atoms with Gasteiger partial charge >= 0.3 is 0 Å². The molecule has 2 N–H and O–H groups in total. The van der Waals surface area contributed by atoms with Crippen molar-refractivity contribution in [2.24, 2.45) is 0 Å². The number of H-pyrrole nitrogens is 1.